The fraction of sp³-hybridized carbons (Fsp3) is 0.389. The van der Waals surface area contributed by atoms with Crippen LogP contribution in [0.2, 0.25) is 0 Å². The highest BCUT2D eigenvalue weighted by Gasteiger charge is 2.21. The number of anilines is 2. The van der Waals surface area contributed by atoms with E-state index in [-0.39, 0.29) is 11.7 Å². The number of carbonyl (C=O) groups is 2. The number of hydrogen-bond acceptors (Lipinski definition) is 6. The Hall–Kier alpha value is -3.01. The number of amides is 3. The molecule has 150 valence electrons. The molecule has 9 nitrogen and oxygen atoms in total. The Labute approximate surface area is 166 Å². The molecular weight excluding hydrogens is 382 g/mol. The molecule has 28 heavy (non-hydrogen) atoms. The van der Waals surface area contributed by atoms with Gasteiger partial charge in [0.15, 0.2) is 5.13 Å². The minimum Gasteiger partial charge on any atom is -0.338 e. The molecule has 3 N–H and O–H groups in total. The molecule has 3 amide bonds. The van der Waals surface area contributed by atoms with E-state index >= 15 is 0 Å². The Bertz CT molecular complexity index is 910. The van der Waals surface area contributed by atoms with Crippen LogP contribution >= 0.6 is 11.3 Å². The van der Waals surface area contributed by atoms with Crippen molar-refractivity contribution in [2.24, 2.45) is 0 Å². The molecule has 0 saturated carbocycles. The minimum atomic E-state index is -0.485. The first-order chi connectivity index (χ1) is 13.2. The molecule has 0 bridgehead atoms. The standard InChI is InChI=1S/C18H23N5O4S/c1-5-6-9-19-17(25)22-18-20-12(4)15(28-18)16(24)21-14-10(2)7-8-13(11(14)3)23(26)27/h7-8H,5-6,9H2,1-4H3,(H,21,24)(H2,19,20,22,25). The van der Waals surface area contributed by atoms with Crippen LogP contribution in [-0.2, 0) is 0 Å². The molecule has 2 rings (SSSR count). The summed E-state index contributed by atoms with van der Waals surface area (Å²) < 4.78 is 0. The lowest BCUT2D eigenvalue weighted by molar-refractivity contribution is -0.385. The molecule has 0 unspecified atom stereocenters. The average Bonchev–Trinajstić information content (AvgIpc) is 2.98. The van der Waals surface area contributed by atoms with Crippen molar-refractivity contribution in [1.82, 2.24) is 10.3 Å². The zero-order valence-corrected chi connectivity index (χ0v) is 17.0. The molecule has 0 aliphatic heterocycles. The van der Waals surface area contributed by atoms with Crippen LogP contribution in [0.25, 0.3) is 0 Å². The van der Waals surface area contributed by atoms with Gasteiger partial charge in [0.25, 0.3) is 11.6 Å². The molecule has 0 fully saturated rings. The largest absolute Gasteiger partial charge is 0.338 e. The zero-order chi connectivity index (χ0) is 20.8. The summed E-state index contributed by atoms with van der Waals surface area (Å²) in [5.41, 5.74) is 1.90. The average molecular weight is 405 g/mol. The molecular formula is C18H23N5O4S. The van der Waals surface area contributed by atoms with Crippen molar-refractivity contribution in [3.05, 3.63) is 43.9 Å². The lowest BCUT2D eigenvalue weighted by atomic mass is 10.1. The van der Waals surface area contributed by atoms with Crippen LogP contribution in [0.15, 0.2) is 12.1 Å². The summed E-state index contributed by atoms with van der Waals surface area (Å²) in [6.07, 6.45) is 1.84. The van der Waals surface area contributed by atoms with E-state index in [9.17, 15) is 19.7 Å². The minimum absolute atomic E-state index is 0.0620. The number of unbranched alkanes of at least 4 members (excludes halogenated alkanes) is 1. The number of carbonyl (C=O) groups excluding carboxylic acids is 2. The van der Waals surface area contributed by atoms with E-state index in [1.165, 1.54) is 6.07 Å². The normalized spacial score (nSPS) is 10.4. The van der Waals surface area contributed by atoms with Gasteiger partial charge in [-0.25, -0.2) is 9.78 Å². The molecule has 1 aromatic carbocycles. The molecule has 0 spiro atoms. The third kappa shape index (κ3) is 5.03. The van der Waals surface area contributed by atoms with Crippen LogP contribution in [0, 0.1) is 30.9 Å². The molecule has 0 radical (unpaired) electrons. The second-order valence-corrected chi connectivity index (χ2v) is 7.28. The van der Waals surface area contributed by atoms with Gasteiger partial charge >= 0.3 is 6.03 Å². The van der Waals surface area contributed by atoms with Gasteiger partial charge in [-0.2, -0.15) is 0 Å². The summed E-state index contributed by atoms with van der Waals surface area (Å²) in [4.78, 5) is 39.7. The predicted molar refractivity (Wildman–Crippen MR) is 109 cm³/mol. The summed E-state index contributed by atoms with van der Waals surface area (Å²) in [7, 11) is 0. The van der Waals surface area contributed by atoms with Crippen molar-refractivity contribution in [3.8, 4) is 0 Å². The monoisotopic (exact) mass is 405 g/mol. The maximum Gasteiger partial charge on any atom is 0.321 e. The molecule has 10 heteroatoms. The van der Waals surface area contributed by atoms with Crippen LogP contribution in [-0.4, -0.2) is 28.4 Å². The van der Waals surface area contributed by atoms with Crippen LogP contribution < -0.4 is 16.0 Å². The van der Waals surface area contributed by atoms with E-state index in [0.29, 0.717) is 39.1 Å². The summed E-state index contributed by atoms with van der Waals surface area (Å²) >= 11 is 1.05. The van der Waals surface area contributed by atoms with Crippen molar-refractivity contribution in [3.63, 3.8) is 0 Å². The highest BCUT2D eigenvalue weighted by Crippen LogP contribution is 2.30. The van der Waals surface area contributed by atoms with E-state index in [1.807, 2.05) is 6.92 Å². The van der Waals surface area contributed by atoms with Crippen molar-refractivity contribution >= 4 is 39.8 Å². The SMILES string of the molecule is CCCCNC(=O)Nc1nc(C)c(C(=O)Nc2c(C)ccc([N+](=O)[O-])c2C)s1. The van der Waals surface area contributed by atoms with E-state index in [1.54, 1.807) is 26.8 Å². The molecule has 0 saturated heterocycles. The first kappa shape index (κ1) is 21.3. The fourth-order valence-electron chi connectivity index (χ4n) is 2.58. The number of nitrogens with zero attached hydrogens (tertiary/aromatic N) is 2. The highest BCUT2D eigenvalue weighted by molar-refractivity contribution is 7.17. The van der Waals surface area contributed by atoms with E-state index < -0.39 is 10.8 Å². The highest BCUT2D eigenvalue weighted by atomic mass is 32.1. The summed E-state index contributed by atoms with van der Waals surface area (Å²) in [5, 5.41) is 19.5. The third-order valence-electron chi connectivity index (χ3n) is 4.12. The van der Waals surface area contributed by atoms with Gasteiger partial charge in [0.2, 0.25) is 0 Å². The molecule has 0 aliphatic rings. The van der Waals surface area contributed by atoms with Crippen LogP contribution in [0.3, 0.4) is 0 Å². The Morgan fingerprint density at radius 3 is 2.57 bits per heavy atom. The Kier molecular flexibility index (Phi) is 7.05. The number of nitro groups is 1. The Morgan fingerprint density at radius 2 is 1.93 bits per heavy atom. The Balaban J connectivity index is 2.16. The third-order valence-corrected chi connectivity index (χ3v) is 5.19. The van der Waals surface area contributed by atoms with Gasteiger partial charge in [-0.3, -0.25) is 20.2 Å². The summed E-state index contributed by atoms with van der Waals surface area (Å²) in [5.74, 6) is -0.430. The topological polar surface area (TPSA) is 126 Å². The lowest BCUT2D eigenvalue weighted by Crippen LogP contribution is -2.29. The number of hydrogen-bond donors (Lipinski definition) is 3. The van der Waals surface area contributed by atoms with Gasteiger partial charge in [-0.1, -0.05) is 30.7 Å². The lowest BCUT2D eigenvalue weighted by Gasteiger charge is -2.11. The van der Waals surface area contributed by atoms with Crippen LogP contribution in [0.1, 0.15) is 46.3 Å². The fourth-order valence-corrected chi connectivity index (χ4v) is 3.43. The van der Waals surface area contributed by atoms with Crippen molar-refractivity contribution in [2.75, 3.05) is 17.2 Å². The molecule has 1 aromatic heterocycles. The zero-order valence-electron chi connectivity index (χ0n) is 16.2. The molecule has 0 atom stereocenters. The van der Waals surface area contributed by atoms with Gasteiger partial charge < -0.3 is 10.6 Å². The first-order valence-corrected chi connectivity index (χ1v) is 9.64. The summed E-state index contributed by atoms with van der Waals surface area (Å²) in [6.45, 7) is 7.61. The first-order valence-electron chi connectivity index (χ1n) is 8.82. The van der Waals surface area contributed by atoms with Crippen molar-refractivity contribution in [2.45, 2.75) is 40.5 Å². The van der Waals surface area contributed by atoms with Gasteiger partial charge in [-0.05, 0) is 32.8 Å². The number of thiazole rings is 1. The van der Waals surface area contributed by atoms with Crippen LogP contribution in [0.4, 0.5) is 21.3 Å². The molecule has 0 aliphatic carbocycles. The van der Waals surface area contributed by atoms with Gasteiger partial charge in [0.1, 0.15) is 4.88 Å². The Morgan fingerprint density at radius 1 is 1.21 bits per heavy atom. The van der Waals surface area contributed by atoms with Gasteiger partial charge in [0, 0.05) is 12.6 Å². The van der Waals surface area contributed by atoms with Crippen molar-refractivity contribution < 1.29 is 14.5 Å². The molecule has 1 heterocycles. The van der Waals surface area contributed by atoms with Gasteiger partial charge in [-0.15, -0.1) is 0 Å². The van der Waals surface area contributed by atoms with E-state index in [2.05, 4.69) is 20.9 Å². The quantitative estimate of drug-likeness (QED) is 0.362. The molecule has 2 aromatic rings. The predicted octanol–water partition coefficient (Wildman–Crippen LogP) is 4.15. The number of rotatable bonds is 7. The van der Waals surface area contributed by atoms with Crippen molar-refractivity contribution in [1.29, 1.82) is 0 Å². The second-order valence-electron chi connectivity index (χ2n) is 6.28. The number of aryl methyl sites for hydroxylation is 2. The van der Waals surface area contributed by atoms with Crippen LogP contribution in [0.5, 0.6) is 0 Å². The van der Waals surface area contributed by atoms with E-state index in [4.69, 9.17) is 0 Å². The maximum absolute atomic E-state index is 12.7. The maximum atomic E-state index is 12.7. The second kappa shape index (κ2) is 9.27. The smallest absolute Gasteiger partial charge is 0.321 e. The number of nitro benzene ring substituents is 1. The van der Waals surface area contributed by atoms with Gasteiger partial charge in [0.05, 0.1) is 21.9 Å². The number of benzene rings is 1. The number of nitrogens with one attached hydrogen (secondary N) is 3. The van der Waals surface area contributed by atoms with E-state index in [0.717, 1.165) is 24.2 Å². The number of urea groups is 1. The number of aromatic nitrogens is 1. The summed E-state index contributed by atoms with van der Waals surface area (Å²) in [6, 6.07) is 2.63.